The Bertz CT molecular complexity index is 1390. The molecule has 0 bridgehead atoms. The zero-order chi connectivity index (χ0) is 28.6. The van der Waals surface area contributed by atoms with Crippen LogP contribution in [0.15, 0.2) is 35.2 Å². The van der Waals surface area contributed by atoms with E-state index in [1.165, 1.54) is 26.0 Å². The Morgan fingerprint density at radius 1 is 1.18 bits per heavy atom. The third kappa shape index (κ3) is 6.18. The van der Waals surface area contributed by atoms with Crippen LogP contribution < -0.4 is 5.32 Å². The molecule has 0 saturated heterocycles. The van der Waals surface area contributed by atoms with Gasteiger partial charge >= 0.3 is 0 Å². The largest absolute Gasteiger partial charge is 0.378 e. The fourth-order valence-corrected chi connectivity index (χ4v) is 7.11. The van der Waals surface area contributed by atoms with Crippen molar-refractivity contribution in [2.45, 2.75) is 68.3 Å². The second kappa shape index (κ2) is 10.9. The van der Waals surface area contributed by atoms with Gasteiger partial charge in [-0.3, -0.25) is 4.79 Å². The number of sulfone groups is 1. The molecule has 1 fully saturated rings. The summed E-state index contributed by atoms with van der Waals surface area (Å²) in [6, 6.07) is 4.74. The van der Waals surface area contributed by atoms with Crippen LogP contribution in [0.4, 0.5) is 18.9 Å². The minimum atomic E-state index is -4.10. The lowest BCUT2D eigenvalue weighted by Crippen LogP contribution is -2.51. The standard InChI is InChI=1S/C27H29ClF3NO5S/c1-5-17-12-19(10-15(2)27(17,35)9-8-26(3,4)34)38(36,37)23-11-16(6-7-20(23)28)25(33)32-18-13-21(29)24(31)22(30)14-18/h6-7,11,13-15,17,19,34-35H,5,10,12H2,1-4H3,(H,32,33)/t15-,17?,19-,27-/m0/s1. The number of hydrogen-bond acceptors (Lipinski definition) is 5. The van der Waals surface area contributed by atoms with Crippen LogP contribution >= 0.6 is 11.6 Å². The quantitative estimate of drug-likeness (QED) is 0.342. The second-order valence-corrected chi connectivity index (χ2v) is 12.7. The average molecular weight is 572 g/mol. The lowest BCUT2D eigenvalue weighted by atomic mass is 9.68. The van der Waals surface area contributed by atoms with Crippen molar-refractivity contribution in [2.24, 2.45) is 11.8 Å². The predicted molar refractivity (Wildman–Crippen MR) is 138 cm³/mol. The van der Waals surface area contributed by atoms with Gasteiger partial charge in [-0.05, 0) is 57.2 Å². The summed E-state index contributed by atoms with van der Waals surface area (Å²) in [4.78, 5) is 12.4. The van der Waals surface area contributed by atoms with E-state index in [0.717, 1.165) is 6.07 Å². The molecule has 38 heavy (non-hydrogen) atoms. The maximum absolute atomic E-state index is 13.7. The van der Waals surface area contributed by atoms with Gasteiger partial charge in [-0.25, -0.2) is 21.6 Å². The van der Waals surface area contributed by atoms with E-state index < -0.39 is 61.5 Å². The predicted octanol–water partition coefficient (Wildman–Crippen LogP) is 5.11. The van der Waals surface area contributed by atoms with Gasteiger partial charge in [-0.2, -0.15) is 0 Å². The summed E-state index contributed by atoms with van der Waals surface area (Å²) >= 11 is 6.24. The number of rotatable bonds is 5. The first-order chi connectivity index (χ1) is 17.5. The molecular weight excluding hydrogens is 543 g/mol. The Morgan fingerprint density at radius 2 is 1.79 bits per heavy atom. The third-order valence-corrected chi connectivity index (χ3v) is 9.43. The summed E-state index contributed by atoms with van der Waals surface area (Å²) in [5, 5.41) is 22.5. The van der Waals surface area contributed by atoms with Gasteiger partial charge in [-0.1, -0.05) is 37.3 Å². The van der Waals surface area contributed by atoms with Gasteiger partial charge in [0.1, 0.15) is 11.2 Å². The zero-order valence-corrected chi connectivity index (χ0v) is 22.9. The first-order valence-corrected chi connectivity index (χ1v) is 13.9. The molecule has 3 N–H and O–H groups in total. The van der Waals surface area contributed by atoms with E-state index in [4.69, 9.17) is 11.6 Å². The first kappa shape index (κ1) is 30.0. The van der Waals surface area contributed by atoms with Crippen molar-refractivity contribution < 1.29 is 36.6 Å². The van der Waals surface area contributed by atoms with Crippen molar-refractivity contribution in [1.82, 2.24) is 0 Å². The third-order valence-electron chi connectivity index (χ3n) is 6.78. The summed E-state index contributed by atoms with van der Waals surface area (Å²) in [6.45, 7) is 6.47. The fraction of sp³-hybridized carbons (Fsp3) is 0.444. The SMILES string of the molecule is CCC1C[C@@H](S(=O)(=O)c2cc(C(=O)Nc3cc(F)c(F)c(F)c3)ccc2Cl)C[C@H](C)[C@@]1(O)C#CC(C)(C)O. The maximum atomic E-state index is 13.7. The van der Waals surface area contributed by atoms with Gasteiger partial charge in [0.25, 0.3) is 5.91 Å². The van der Waals surface area contributed by atoms with Crippen LogP contribution in [0.3, 0.4) is 0 Å². The monoisotopic (exact) mass is 571 g/mol. The number of nitrogens with one attached hydrogen (secondary N) is 1. The topological polar surface area (TPSA) is 104 Å². The second-order valence-electron chi connectivity index (χ2n) is 10.1. The van der Waals surface area contributed by atoms with Crippen molar-refractivity contribution in [3.63, 3.8) is 0 Å². The van der Waals surface area contributed by atoms with E-state index in [1.54, 1.807) is 6.92 Å². The Balaban J connectivity index is 1.92. The van der Waals surface area contributed by atoms with E-state index >= 15 is 0 Å². The molecule has 3 rings (SSSR count). The molecule has 1 aliphatic rings. The highest BCUT2D eigenvalue weighted by Crippen LogP contribution is 2.44. The zero-order valence-electron chi connectivity index (χ0n) is 21.3. The van der Waals surface area contributed by atoms with Crippen LogP contribution in [0.1, 0.15) is 57.3 Å². The van der Waals surface area contributed by atoms with Crippen molar-refractivity contribution in [3.05, 3.63) is 58.4 Å². The lowest BCUT2D eigenvalue weighted by molar-refractivity contribution is -0.0393. The van der Waals surface area contributed by atoms with Crippen molar-refractivity contribution >= 4 is 33.0 Å². The highest BCUT2D eigenvalue weighted by atomic mass is 35.5. The molecule has 4 atom stereocenters. The molecule has 0 radical (unpaired) electrons. The molecule has 0 aromatic heterocycles. The Morgan fingerprint density at radius 3 is 2.34 bits per heavy atom. The van der Waals surface area contributed by atoms with Gasteiger partial charge in [0.05, 0.1) is 15.2 Å². The Labute approximate surface area is 225 Å². The number of benzene rings is 2. The number of halogens is 4. The van der Waals surface area contributed by atoms with Crippen molar-refractivity contribution in [3.8, 4) is 11.8 Å². The molecule has 1 unspecified atom stereocenters. The molecule has 0 aliphatic heterocycles. The summed E-state index contributed by atoms with van der Waals surface area (Å²) in [5.41, 5.74) is -3.35. The number of amides is 1. The first-order valence-electron chi connectivity index (χ1n) is 12.0. The number of hydrogen-bond donors (Lipinski definition) is 3. The van der Waals surface area contributed by atoms with Crippen molar-refractivity contribution in [2.75, 3.05) is 5.32 Å². The Hall–Kier alpha value is -2.58. The molecule has 0 spiro atoms. The van der Waals surface area contributed by atoms with Crippen LogP contribution in [0, 0.1) is 41.1 Å². The van der Waals surface area contributed by atoms with Crippen LogP contribution in [-0.4, -0.2) is 41.0 Å². The minimum Gasteiger partial charge on any atom is -0.378 e. The van der Waals surface area contributed by atoms with Gasteiger partial charge < -0.3 is 15.5 Å². The molecule has 1 saturated carbocycles. The van der Waals surface area contributed by atoms with Gasteiger partial charge in [0, 0.05) is 29.3 Å². The molecule has 206 valence electrons. The van der Waals surface area contributed by atoms with E-state index in [9.17, 15) is 36.6 Å². The van der Waals surface area contributed by atoms with E-state index in [2.05, 4.69) is 17.2 Å². The molecule has 6 nitrogen and oxygen atoms in total. The molecule has 0 heterocycles. The summed E-state index contributed by atoms with van der Waals surface area (Å²) < 4.78 is 67.6. The summed E-state index contributed by atoms with van der Waals surface area (Å²) in [6.07, 6.45) is 0.548. The molecule has 1 amide bonds. The molecule has 11 heteroatoms. The maximum Gasteiger partial charge on any atom is 0.255 e. The van der Waals surface area contributed by atoms with Crippen LogP contribution in [0.2, 0.25) is 5.02 Å². The number of aliphatic hydroxyl groups is 2. The van der Waals surface area contributed by atoms with Crippen LogP contribution in [-0.2, 0) is 9.84 Å². The van der Waals surface area contributed by atoms with Crippen LogP contribution in [0.25, 0.3) is 0 Å². The summed E-state index contributed by atoms with van der Waals surface area (Å²) in [5.74, 6) is -1.23. The average Bonchev–Trinajstić information content (AvgIpc) is 2.82. The normalized spacial score (nSPS) is 23.9. The van der Waals surface area contributed by atoms with Gasteiger partial charge in [0.2, 0.25) is 0 Å². The van der Waals surface area contributed by atoms with E-state index in [1.807, 2.05) is 6.92 Å². The summed E-state index contributed by atoms with van der Waals surface area (Å²) in [7, 11) is -4.10. The Kier molecular flexibility index (Phi) is 8.59. The lowest BCUT2D eigenvalue weighted by Gasteiger charge is -2.44. The number of anilines is 1. The smallest absolute Gasteiger partial charge is 0.255 e. The van der Waals surface area contributed by atoms with Gasteiger partial charge in [-0.15, -0.1) is 0 Å². The molecule has 2 aromatic rings. The van der Waals surface area contributed by atoms with E-state index in [0.29, 0.717) is 18.6 Å². The molecule has 2 aromatic carbocycles. The van der Waals surface area contributed by atoms with Crippen LogP contribution in [0.5, 0.6) is 0 Å². The molecule has 1 aliphatic carbocycles. The van der Waals surface area contributed by atoms with E-state index in [-0.39, 0.29) is 34.0 Å². The number of carbonyl (C=O) groups excluding carboxylic acids is 1. The molecular formula is C27H29ClF3NO5S. The highest BCUT2D eigenvalue weighted by molar-refractivity contribution is 7.92. The van der Waals surface area contributed by atoms with Crippen molar-refractivity contribution in [1.29, 1.82) is 0 Å². The minimum absolute atomic E-state index is 0.0523. The highest BCUT2D eigenvalue weighted by Gasteiger charge is 2.49. The van der Waals surface area contributed by atoms with Gasteiger partial charge in [0.15, 0.2) is 27.3 Å². The fourth-order valence-electron chi connectivity index (χ4n) is 4.65. The number of carbonyl (C=O) groups is 1.